The number of aliphatic hydroxyl groups is 1. The van der Waals surface area contributed by atoms with E-state index in [2.05, 4.69) is 0 Å². The van der Waals surface area contributed by atoms with Gasteiger partial charge in [-0.3, -0.25) is 9.69 Å². The van der Waals surface area contributed by atoms with Crippen LogP contribution in [0.3, 0.4) is 0 Å². The first kappa shape index (κ1) is 21.9. The van der Waals surface area contributed by atoms with Gasteiger partial charge in [0.25, 0.3) is 5.91 Å². The molecule has 0 bridgehead atoms. The number of anilines is 1. The summed E-state index contributed by atoms with van der Waals surface area (Å²) in [6.07, 6.45) is 0.722. The van der Waals surface area contributed by atoms with E-state index in [0.717, 1.165) is 23.5 Å². The van der Waals surface area contributed by atoms with Crippen LogP contribution in [-0.2, 0) is 9.59 Å². The molecular formula is C20H22ClNO5S. The molecule has 1 aromatic heterocycles. The SMILES string of the molecule is COc1ccccc1C(O)c1cc(Cl)sc1N(CC(C)C)C(=O)/C=C/C(=O)O. The summed E-state index contributed by atoms with van der Waals surface area (Å²) < 4.78 is 5.73. The van der Waals surface area contributed by atoms with E-state index >= 15 is 0 Å². The third-order valence-corrected chi connectivity index (χ3v) is 5.17. The summed E-state index contributed by atoms with van der Waals surface area (Å²) >= 11 is 7.36. The fourth-order valence-corrected chi connectivity index (χ4v) is 3.97. The molecule has 0 aliphatic rings. The van der Waals surface area contributed by atoms with Crippen molar-refractivity contribution >= 4 is 39.8 Å². The average molecular weight is 424 g/mol. The van der Waals surface area contributed by atoms with Gasteiger partial charge in [0, 0.05) is 29.8 Å². The fraction of sp³-hybridized carbons (Fsp3) is 0.300. The molecule has 0 spiro atoms. The summed E-state index contributed by atoms with van der Waals surface area (Å²) in [7, 11) is 1.51. The number of benzene rings is 1. The topological polar surface area (TPSA) is 87.1 Å². The number of carboxylic acid groups (broad SMARTS) is 1. The van der Waals surface area contributed by atoms with Gasteiger partial charge in [-0.25, -0.2) is 4.79 Å². The number of thiophene rings is 1. The highest BCUT2D eigenvalue weighted by Crippen LogP contribution is 2.42. The fourth-order valence-electron chi connectivity index (χ4n) is 2.70. The van der Waals surface area contributed by atoms with Crippen molar-refractivity contribution in [3.63, 3.8) is 0 Å². The number of hydrogen-bond acceptors (Lipinski definition) is 5. The third kappa shape index (κ3) is 5.34. The highest BCUT2D eigenvalue weighted by molar-refractivity contribution is 7.20. The Morgan fingerprint density at radius 3 is 2.54 bits per heavy atom. The number of para-hydroxylation sites is 1. The van der Waals surface area contributed by atoms with E-state index in [4.69, 9.17) is 21.4 Å². The van der Waals surface area contributed by atoms with Crippen LogP contribution in [0.4, 0.5) is 5.00 Å². The lowest BCUT2D eigenvalue weighted by Gasteiger charge is -2.25. The number of hydrogen-bond donors (Lipinski definition) is 2. The Morgan fingerprint density at radius 2 is 1.93 bits per heavy atom. The Kier molecular flexibility index (Phi) is 7.62. The van der Waals surface area contributed by atoms with E-state index in [1.54, 1.807) is 30.3 Å². The first-order valence-electron chi connectivity index (χ1n) is 8.57. The molecule has 1 unspecified atom stereocenters. The Hall–Kier alpha value is -2.35. The third-order valence-electron chi connectivity index (χ3n) is 3.87. The van der Waals surface area contributed by atoms with Gasteiger partial charge >= 0.3 is 5.97 Å². The maximum Gasteiger partial charge on any atom is 0.328 e. The van der Waals surface area contributed by atoms with Crippen LogP contribution in [0.25, 0.3) is 0 Å². The molecule has 0 radical (unpaired) electrons. The van der Waals surface area contributed by atoms with Crippen LogP contribution in [0.2, 0.25) is 4.34 Å². The van der Waals surface area contributed by atoms with E-state index in [-0.39, 0.29) is 5.92 Å². The number of ether oxygens (including phenoxy) is 1. The van der Waals surface area contributed by atoms with Crippen molar-refractivity contribution in [3.05, 3.63) is 57.9 Å². The molecule has 150 valence electrons. The van der Waals surface area contributed by atoms with Crippen molar-refractivity contribution < 1.29 is 24.5 Å². The number of nitrogens with zero attached hydrogens (tertiary/aromatic N) is 1. The minimum atomic E-state index is -1.21. The van der Waals surface area contributed by atoms with E-state index in [0.29, 0.717) is 32.8 Å². The quantitative estimate of drug-likeness (QED) is 0.623. The van der Waals surface area contributed by atoms with Gasteiger partial charge in [0.15, 0.2) is 0 Å². The van der Waals surface area contributed by atoms with Crippen LogP contribution in [0.1, 0.15) is 31.1 Å². The van der Waals surface area contributed by atoms with Crippen molar-refractivity contribution in [2.24, 2.45) is 5.92 Å². The van der Waals surface area contributed by atoms with Gasteiger partial charge in [-0.1, -0.05) is 43.6 Å². The van der Waals surface area contributed by atoms with Crippen LogP contribution in [0.15, 0.2) is 42.5 Å². The average Bonchev–Trinajstić information content (AvgIpc) is 3.04. The smallest absolute Gasteiger partial charge is 0.328 e. The molecule has 2 N–H and O–H groups in total. The number of carbonyl (C=O) groups is 2. The molecule has 2 rings (SSSR count). The first-order valence-corrected chi connectivity index (χ1v) is 9.76. The van der Waals surface area contributed by atoms with Gasteiger partial charge in [0.05, 0.1) is 11.4 Å². The lowest BCUT2D eigenvalue weighted by molar-refractivity contribution is -0.131. The first-order chi connectivity index (χ1) is 13.2. The molecular weight excluding hydrogens is 402 g/mol. The van der Waals surface area contributed by atoms with Gasteiger partial charge in [-0.2, -0.15) is 0 Å². The Bertz CT molecular complexity index is 877. The van der Waals surface area contributed by atoms with Gasteiger partial charge in [-0.15, -0.1) is 11.3 Å². The van der Waals surface area contributed by atoms with Crippen molar-refractivity contribution in [3.8, 4) is 5.75 Å². The largest absolute Gasteiger partial charge is 0.496 e. The second-order valence-electron chi connectivity index (χ2n) is 6.47. The summed E-state index contributed by atoms with van der Waals surface area (Å²) in [6.45, 7) is 4.21. The van der Waals surface area contributed by atoms with Gasteiger partial charge in [0.1, 0.15) is 16.9 Å². The molecule has 0 saturated carbocycles. The number of aliphatic hydroxyl groups excluding tert-OH is 1. The highest BCUT2D eigenvalue weighted by Gasteiger charge is 2.27. The van der Waals surface area contributed by atoms with Crippen molar-refractivity contribution in [1.82, 2.24) is 0 Å². The van der Waals surface area contributed by atoms with E-state index in [1.165, 1.54) is 12.0 Å². The zero-order valence-electron chi connectivity index (χ0n) is 15.8. The second-order valence-corrected chi connectivity index (χ2v) is 8.13. The number of carboxylic acids is 1. The summed E-state index contributed by atoms with van der Waals surface area (Å²) in [5.41, 5.74) is 0.996. The Morgan fingerprint density at radius 1 is 1.25 bits per heavy atom. The zero-order chi connectivity index (χ0) is 20.8. The monoisotopic (exact) mass is 423 g/mol. The number of methoxy groups -OCH3 is 1. The van der Waals surface area contributed by atoms with Crippen LogP contribution < -0.4 is 9.64 Å². The van der Waals surface area contributed by atoms with Crippen molar-refractivity contribution in [2.45, 2.75) is 20.0 Å². The molecule has 1 atom stereocenters. The van der Waals surface area contributed by atoms with Crippen LogP contribution in [-0.4, -0.2) is 35.7 Å². The lowest BCUT2D eigenvalue weighted by atomic mass is 10.0. The van der Waals surface area contributed by atoms with Gasteiger partial charge in [0.2, 0.25) is 0 Å². The number of rotatable bonds is 8. The zero-order valence-corrected chi connectivity index (χ0v) is 17.3. The van der Waals surface area contributed by atoms with Crippen LogP contribution >= 0.6 is 22.9 Å². The predicted octanol–water partition coefficient (Wildman–Crippen LogP) is 4.12. The molecule has 1 heterocycles. The second kappa shape index (κ2) is 9.73. The Balaban J connectivity index is 2.51. The van der Waals surface area contributed by atoms with Crippen LogP contribution in [0.5, 0.6) is 5.75 Å². The summed E-state index contributed by atoms with van der Waals surface area (Å²) in [4.78, 5) is 24.9. The standard InChI is InChI=1S/C20H22ClNO5S/c1-12(2)11-22(17(23)8-9-18(24)25)20-14(10-16(21)28-20)19(26)13-6-4-5-7-15(13)27-3/h4-10,12,19,26H,11H2,1-3H3,(H,24,25)/b9-8+. The van der Waals surface area contributed by atoms with E-state index in [1.807, 2.05) is 13.8 Å². The highest BCUT2D eigenvalue weighted by atomic mass is 35.5. The molecule has 0 aliphatic heterocycles. The lowest BCUT2D eigenvalue weighted by Crippen LogP contribution is -2.33. The molecule has 8 heteroatoms. The molecule has 1 amide bonds. The molecule has 0 aliphatic carbocycles. The van der Waals surface area contributed by atoms with E-state index in [9.17, 15) is 14.7 Å². The number of carbonyl (C=O) groups excluding carboxylic acids is 1. The van der Waals surface area contributed by atoms with Gasteiger partial charge < -0.3 is 14.9 Å². The van der Waals surface area contributed by atoms with Crippen molar-refractivity contribution in [1.29, 1.82) is 0 Å². The minimum absolute atomic E-state index is 0.110. The van der Waals surface area contributed by atoms with Crippen molar-refractivity contribution in [2.75, 3.05) is 18.6 Å². The van der Waals surface area contributed by atoms with Crippen LogP contribution in [0, 0.1) is 5.92 Å². The number of amides is 1. The molecule has 0 saturated heterocycles. The number of halogens is 1. The maximum absolute atomic E-state index is 12.7. The molecule has 2 aromatic rings. The number of aliphatic carboxylic acids is 1. The summed E-state index contributed by atoms with van der Waals surface area (Å²) in [6, 6.07) is 8.65. The molecule has 28 heavy (non-hydrogen) atoms. The molecule has 1 aromatic carbocycles. The predicted molar refractivity (Wildman–Crippen MR) is 110 cm³/mol. The normalized spacial score (nSPS) is 12.4. The minimum Gasteiger partial charge on any atom is -0.496 e. The maximum atomic E-state index is 12.7. The van der Waals surface area contributed by atoms with E-state index < -0.39 is 18.0 Å². The van der Waals surface area contributed by atoms with Gasteiger partial charge in [-0.05, 0) is 18.1 Å². The summed E-state index contributed by atoms with van der Waals surface area (Å²) in [5, 5.41) is 20.3. The summed E-state index contributed by atoms with van der Waals surface area (Å²) in [5.74, 6) is -1.09. The Labute approximate surface area is 172 Å². The molecule has 6 nitrogen and oxygen atoms in total. The molecule has 0 fully saturated rings.